The monoisotopic (exact) mass is 1020 g/mol. The Balaban J connectivity index is 0.922. The molecule has 1 fully saturated rings. The molecule has 75 heavy (non-hydrogen) atoms. The van der Waals surface area contributed by atoms with Crippen LogP contribution < -0.4 is 39.0 Å². The number of amides is 4. The van der Waals surface area contributed by atoms with E-state index >= 15 is 0 Å². The average molecular weight is 1020 g/mol. The lowest BCUT2D eigenvalue weighted by Gasteiger charge is -2.33. The summed E-state index contributed by atoms with van der Waals surface area (Å²) >= 11 is 0. The number of nitrogens with one attached hydrogen (secondary N) is 1. The maximum absolute atomic E-state index is 14.2. The second-order valence-electron chi connectivity index (χ2n) is 18.5. The van der Waals surface area contributed by atoms with Crippen molar-refractivity contribution >= 4 is 64.2 Å². The van der Waals surface area contributed by atoms with Gasteiger partial charge in [0.1, 0.15) is 19.4 Å². The fourth-order valence-electron chi connectivity index (χ4n) is 10.0. The van der Waals surface area contributed by atoms with Gasteiger partial charge in [-0.15, -0.1) is 5.06 Å². The Morgan fingerprint density at radius 2 is 1.28 bits per heavy atom. The van der Waals surface area contributed by atoms with Gasteiger partial charge in [-0.2, -0.15) is 0 Å². The van der Waals surface area contributed by atoms with E-state index in [1.807, 2.05) is 72.9 Å². The van der Waals surface area contributed by atoms with Crippen LogP contribution in [0, 0.1) is 0 Å². The zero-order valence-corrected chi connectivity index (χ0v) is 42.0. The van der Waals surface area contributed by atoms with E-state index in [-0.39, 0.29) is 56.5 Å². The zero-order chi connectivity index (χ0) is 52.0. The van der Waals surface area contributed by atoms with Gasteiger partial charge in [0.05, 0.1) is 75.8 Å². The first-order valence-electron chi connectivity index (χ1n) is 25.0. The van der Waals surface area contributed by atoms with E-state index in [0.717, 1.165) is 39.3 Å². The van der Waals surface area contributed by atoms with Crippen LogP contribution >= 0.6 is 0 Å². The van der Waals surface area contributed by atoms with Crippen molar-refractivity contribution in [2.45, 2.75) is 63.9 Å². The summed E-state index contributed by atoms with van der Waals surface area (Å²) in [5.74, 6) is -0.584. The largest absolute Gasteiger partial charge is 0.493 e. The van der Waals surface area contributed by atoms with E-state index in [4.69, 9.17) is 43.0 Å². The minimum Gasteiger partial charge on any atom is -0.493 e. The lowest BCUT2D eigenvalue weighted by molar-refractivity contribution is -0.197. The number of hydrogen-bond donors (Lipinski definition) is 1. The zero-order valence-electron chi connectivity index (χ0n) is 42.0. The number of hydrogen-bond acceptors (Lipinski definition) is 16. The van der Waals surface area contributed by atoms with Crippen LogP contribution in [-0.4, -0.2) is 121 Å². The number of benzene rings is 5. The van der Waals surface area contributed by atoms with E-state index in [1.165, 1.54) is 14.2 Å². The first kappa shape index (κ1) is 50.5. The first-order chi connectivity index (χ1) is 36.6. The van der Waals surface area contributed by atoms with Crippen molar-refractivity contribution in [1.82, 2.24) is 5.06 Å². The van der Waals surface area contributed by atoms with Crippen LogP contribution in [0.4, 0.5) is 28.4 Å². The standard InChI is InChI=1S/C56H58N6O13/c1-68-19-20-72-22-21-71-18-17-59(16-8-13-54(65)75-62-52(63)14-15-53(62)64)39-24-35(33-73-49-30-43-41(28-47(49)69-2)55(66)60-40(32-57-43)26-37-9-4-6-11-45(37)60)23-36(25-39)34-74-50-31-44-42(29-48(50)70-3)56(67)61-46-12-7-5-10-38(46)27-51(61)58-44/h4-7,9-12,23-25,28-32,40,51,58H,8,13-22,26-27,33-34H2,1-3H3/t40-,51?/m0/s1. The molecule has 1 N–H and O–H groups in total. The Morgan fingerprint density at radius 1 is 0.667 bits per heavy atom. The van der Waals surface area contributed by atoms with E-state index in [1.54, 1.807) is 41.2 Å². The highest BCUT2D eigenvalue weighted by Gasteiger charge is 2.40. The van der Waals surface area contributed by atoms with Gasteiger partial charge in [-0.05, 0) is 71.1 Å². The third kappa shape index (κ3) is 10.8. The van der Waals surface area contributed by atoms with E-state index in [9.17, 15) is 24.0 Å². The summed E-state index contributed by atoms with van der Waals surface area (Å²) in [6.45, 7) is 2.79. The number of hydroxylamine groups is 2. The van der Waals surface area contributed by atoms with Crippen LogP contribution in [0.15, 0.2) is 96.0 Å². The molecule has 5 heterocycles. The van der Waals surface area contributed by atoms with E-state index in [0.29, 0.717) is 116 Å². The topological polar surface area (TPSA) is 197 Å². The molecule has 1 saturated heterocycles. The highest BCUT2D eigenvalue weighted by molar-refractivity contribution is 6.15. The summed E-state index contributed by atoms with van der Waals surface area (Å²) in [6.07, 6.45) is 3.08. The average Bonchev–Trinajstić information content (AvgIpc) is 4.08. The highest BCUT2D eigenvalue weighted by atomic mass is 16.7. The highest BCUT2D eigenvalue weighted by Crippen LogP contribution is 2.44. The summed E-state index contributed by atoms with van der Waals surface area (Å²) in [7, 11) is 4.66. The molecule has 0 radical (unpaired) electrons. The molecule has 19 nitrogen and oxygen atoms in total. The molecule has 2 atom stereocenters. The molecule has 4 amide bonds. The number of aliphatic imine (C=N–C) groups is 1. The van der Waals surface area contributed by atoms with Crippen LogP contribution in [0.2, 0.25) is 0 Å². The van der Waals surface area contributed by atoms with Crippen molar-refractivity contribution in [3.63, 3.8) is 0 Å². The first-order valence-corrected chi connectivity index (χ1v) is 25.0. The van der Waals surface area contributed by atoms with Crippen molar-refractivity contribution < 1.29 is 62.0 Å². The maximum atomic E-state index is 14.2. The number of para-hydroxylation sites is 2. The van der Waals surface area contributed by atoms with Gasteiger partial charge >= 0.3 is 5.97 Å². The molecule has 19 heteroatoms. The molecule has 0 aromatic heterocycles. The molecule has 5 aromatic rings. The minimum atomic E-state index is -0.703. The van der Waals surface area contributed by atoms with E-state index in [2.05, 4.69) is 10.2 Å². The van der Waals surface area contributed by atoms with Crippen molar-refractivity contribution in [3.05, 3.63) is 124 Å². The third-order valence-electron chi connectivity index (χ3n) is 13.7. The summed E-state index contributed by atoms with van der Waals surface area (Å²) < 4.78 is 41.5. The van der Waals surface area contributed by atoms with Gasteiger partial charge < -0.3 is 48.2 Å². The van der Waals surface area contributed by atoms with Crippen LogP contribution in [0.3, 0.4) is 0 Å². The third-order valence-corrected chi connectivity index (χ3v) is 13.7. The number of methoxy groups -OCH3 is 3. The molecule has 1 unspecified atom stereocenters. The number of imide groups is 1. The molecule has 5 aliphatic heterocycles. The Kier molecular flexibility index (Phi) is 15.2. The van der Waals surface area contributed by atoms with Crippen LogP contribution in [0.25, 0.3) is 0 Å². The molecule has 10 rings (SSSR count). The molecule has 5 aromatic carbocycles. The van der Waals surface area contributed by atoms with Crippen LogP contribution in [0.5, 0.6) is 23.0 Å². The van der Waals surface area contributed by atoms with Gasteiger partial charge in [-0.3, -0.25) is 34.0 Å². The number of rotatable bonds is 23. The molecular weight excluding hydrogens is 965 g/mol. The lowest BCUT2D eigenvalue weighted by atomic mass is 10.1. The van der Waals surface area contributed by atoms with Gasteiger partial charge in [0.15, 0.2) is 23.0 Å². The van der Waals surface area contributed by atoms with Gasteiger partial charge in [0.25, 0.3) is 23.6 Å². The van der Waals surface area contributed by atoms with Crippen LogP contribution in [-0.2, 0) is 59.5 Å². The number of fused-ring (bicyclic) bond motifs is 8. The molecule has 0 saturated carbocycles. The number of anilines is 4. The predicted octanol–water partition coefficient (Wildman–Crippen LogP) is 6.98. The van der Waals surface area contributed by atoms with Crippen molar-refractivity contribution in [1.29, 1.82) is 0 Å². The molecule has 0 aliphatic carbocycles. The summed E-state index contributed by atoms with van der Waals surface area (Å²) in [4.78, 5) is 81.1. The minimum absolute atomic E-state index is 0.00480. The van der Waals surface area contributed by atoms with Gasteiger partial charge in [-0.1, -0.05) is 36.4 Å². The number of carbonyl (C=O) groups is 5. The van der Waals surface area contributed by atoms with Crippen LogP contribution in [0.1, 0.15) is 68.7 Å². The fraction of sp³-hybridized carbons (Fsp3) is 0.357. The normalized spacial score (nSPS) is 16.9. The quantitative estimate of drug-likeness (QED) is 0.0520. The fourth-order valence-corrected chi connectivity index (χ4v) is 10.0. The van der Waals surface area contributed by atoms with Crippen molar-refractivity contribution in [2.24, 2.45) is 4.99 Å². The van der Waals surface area contributed by atoms with E-state index < -0.39 is 17.8 Å². The molecular formula is C56H58N6O13. The number of carbonyl (C=O) groups excluding carboxylic acids is 5. The Labute approximate surface area is 433 Å². The second-order valence-corrected chi connectivity index (χ2v) is 18.5. The smallest absolute Gasteiger partial charge is 0.333 e. The molecule has 0 bridgehead atoms. The number of nitrogens with zero attached hydrogens (tertiary/aromatic N) is 5. The van der Waals surface area contributed by atoms with Crippen molar-refractivity contribution in [3.8, 4) is 23.0 Å². The Bertz CT molecular complexity index is 3020. The predicted molar refractivity (Wildman–Crippen MR) is 276 cm³/mol. The summed E-state index contributed by atoms with van der Waals surface area (Å²) in [5, 5.41) is 4.10. The Hall–Kier alpha value is -8.00. The summed E-state index contributed by atoms with van der Waals surface area (Å²) in [5.41, 5.74) is 8.08. The summed E-state index contributed by atoms with van der Waals surface area (Å²) in [6, 6.07) is 28.3. The maximum Gasteiger partial charge on any atom is 0.333 e. The SMILES string of the molecule is COCCOCCOCCN(CCCC(=O)ON1C(=O)CCC1=O)c1cc(COc2cc3c(cc2OC)C(=O)N2c4ccccc4C[C@H]2C=N3)cc(COc2cc3c(cc2OC)C(=O)N2c4ccccc4CC2N3)c1. The van der Waals surface area contributed by atoms with Crippen molar-refractivity contribution in [2.75, 3.05) is 87.5 Å². The molecule has 390 valence electrons. The number of ether oxygens (including phenoxy) is 7. The molecule has 0 spiro atoms. The lowest BCUT2D eigenvalue weighted by Crippen LogP contribution is -2.46. The van der Waals surface area contributed by atoms with Gasteiger partial charge in [-0.25, -0.2) is 4.79 Å². The Morgan fingerprint density at radius 3 is 1.97 bits per heavy atom. The molecule has 5 aliphatic rings. The second kappa shape index (κ2) is 22.6. The van der Waals surface area contributed by atoms with Gasteiger partial charge in [0, 0.05) is 87.7 Å². The van der Waals surface area contributed by atoms with Gasteiger partial charge in [0.2, 0.25) is 0 Å².